The summed E-state index contributed by atoms with van der Waals surface area (Å²) in [6.07, 6.45) is 2.03. The molecule has 0 bridgehead atoms. The zero-order valence-corrected chi connectivity index (χ0v) is 12.8. The van der Waals surface area contributed by atoms with Crippen molar-refractivity contribution in [3.05, 3.63) is 35.7 Å². The number of hydrogen-bond donors (Lipinski definition) is 1. The Morgan fingerprint density at radius 3 is 2.65 bits per heavy atom. The molecule has 0 amide bonds. The molecule has 1 aromatic heterocycles. The van der Waals surface area contributed by atoms with E-state index in [0.29, 0.717) is 0 Å². The van der Waals surface area contributed by atoms with Crippen LogP contribution in [0.4, 0.5) is 5.69 Å². The molecule has 0 saturated heterocycles. The van der Waals surface area contributed by atoms with Crippen molar-refractivity contribution in [2.45, 2.75) is 30.3 Å². The molecular formula is C14H19N5S. The van der Waals surface area contributed by atoms with Crippen molar-refractivity contribution in [1.29, 1.82) is 0 Å². The molecule has 20 heavy (non-hydrogen) atoms. The number of aromatic nitrogens is 3. The fraction of sp³-hybridized carbons (Fsp3) is 0.429. The lowest BCUT2D eigenvalue weighted by molar-refractivity contribution is 0.714. The molecule has 0 fully saturated rings. The maximum atomic E-state index is 4.24. The Labute approximate surface area is 123 Å². The molecule has 1 aromatic carbocycles. The molecule has 0 saturated carbocycles. The van der Waals surface area contributed by atoms with Crippen LogP contribution in [0, 0.1) is 0 Å². The van der Waals surface area contributed by atoms with Gasteiger partial charge in [-0.15, -0.1) is 10.2 Å². The minimum absolute atomic E-state index is 0.215. The average molecular weight is 289 g/mol. The third-order valence-corrected chi connectivity index (χ3v) is 4.44. The highest BCUT2D eigenvalue weighted by molar-refractivity contribution is 7.99. The molecule has 0 spiro atoms. The molecule has 0 radical (unpaired) electrons. The average Bonchev–Trinajstić information content (AvgIpc) is 3.01. The molecule has 1 atom stereocenters. The highest BCUT2D eigenvalue weighted by atomic mass is 32.2. The summed E-state index contributed by atoms with van der Waals surface area (Å²) in [6.45, 7) is 2.15. The number of nitrogens with zero attached hydrogens (tertiary/aromatic N) is 4. The summed E-state index contributed by atoms with van der Waals surface area (Å²) in [5.41, 5.74) is 5.94. The van der Waals surface area contributed by atoms with Gasteiger partial charge in [-0.05, 0) is 24.1 Å². The SMILES string of the molecule is CCCc1nnc2n1NC(c1ccc(N(C)C)cc1)S2. The van der Waals surface area contributed by atoms with Crippen molar-refractivity contribution in [2.75, 3.05) is 24.4 Å². The van der Waals surface area contributed by atoms with Crippen LogP contribution in [0.1, 0.15) is 30.1 Å². The number of rotatable bonds is 4. The minimum Gasteiger partial charge on any atom is -0.378 e. The van der Waals surface area contributed by atoms with Crippen LogP contribution < -0.4 is 10.3 Å². The topological polar surface area (TPSA) is 46.0 Å². The van der Waals surface area contributed by atoms with Crippen molar-refractivity contribution in [1.82, 2.24) is 14.9 Å². The fourth-order valence-corrected chi connectivity index (χ4v) is 3.24. The summed E-state index contributed by atoms with van der Waals surface area (Å²) in [5, 5.41) is 9.63. The Morgan fingerprint density at radius 1 is 1.25 bits per heavy atom. The van der Waals surface area contributed by atoms with Gasteiger partial charge >= 0.3 is 0 Å². The molecular weight excluding hydrogens is 270 g/mol. The molecule has 2 heterocycles. The van der Waals surface area contributed by atoms with E-state index in [9.17, 15) is 0 Å². The molecule has 0 aliphatic carbocycles. The summed E-state index contributed by atoms with van der Waals surface area (Å²) in [4.78, 5) is 2.10. The Morgan fingerprint density at radius 2 is 2.00 bits per heavy atom. The quantitative estimate of drug-likeness (QED) is 0.937. The summed E-state index contributed by atoms with van der Waals surface area (Å²) >= 11 is 1.71. The summed E-state index contributed by atoms with van der Waals surface area (Å²) in [6, 6.07) is 8.62. The Hall–Kier alpha value is -1.69. The van der Waals surface area contributed by atoms with Gasteiger partial charge in [-0.1, -0.05) is 30.8 Å². The highest BCUT2D eigenvalue weighted by Crippen LogP contribution is 2.38. The van der Waals surface area contributed by atoms with E-state index in [-0.39, 0.29) is 5.37 Å². The molecule has 106 valence electrons. The first-order valence-electron chi connectivity index (χ1n) is 6.84. The van der Waals surface area contributed by atoms with Gasteiger partial charge in [-0.2, -0.15) is 0 Å². The second-order valence-corrected chi connectivity index (χ2v) is 6.17. The van der Waals surface area contributed by atoms with Crippen LogP contribution in [0.25, 0.3) is 0 Å². The Balaban J connectivity index is 1.77. The van der Waals surface area contributed by atoms with Crippen LogP contribution in [0.5, 0.6) is 0 Å². The fourth-order valence-electron chi connectivity index (χ4n) is 2.23. The van der Waals surface area contributed by atoms with Gasteiger partial charge in [-0.3, -0.25) is 0 Å². The van der Waals surface area contributed by atoms with Crippen LogP contribution in [-0.2, 0) is 6.42 Å². The van der Waals surface area contributed by atoms with Gasteiger partial charge in [-0.25, -0.2) is 4.68 Å². The molecule has 1 unspecified atom stereocenters. The van der Waals surface area contributed by atoms with Gasteiger partial charge < -0.3 is 10.3 Å². The van der Waals surface area contributed by atoms with Gasteiger partial charge in [0.1, 0.15) is 5.37 Å². The summed E-state index contributed by atoms with van der Waals surface area (Å²) in [5.74, 6) is 1.02. The lowest BCUT2D eigenvalue weighted by Crippen LogP contribution is -2.15. The lowest BCUT2D eigenvalue weighted by Gasteiger charge is -2.15. The van der Waals surface area contributed by atoms with Gasteiger partial charge in [0, 0.05) is 26.2 Å². The number of hydrogen-bond acceptors (Lipinski definition) is 5. The van der Waals surface area contributed by atoms with E-state index >= 15 is 0 Å². The van der Waals surface area contributed by atoms with E-state index in [0.717, 1.165) is 23.8 Å². The Kier molecular flexibility index (Phi) is 3.56. The second-order valence-electron chi connectivity index (χ2n) is 5.10. The van der Waals surface area contributed by atoms with Crippen molar-refractivity contribution in [2.24, 2.45) is 0 Å². The van der Waals surface area contributed by atoms with Crippen LogP contribution in [0.3, 0.4) is 0 Å². The smallest absolute Gasteiger partial charge is 0.212 e. The van der Waals surface area contributed by atoms with Gasteiger partial charge in [0.2, 0.25) is 5.16 Å². The maximum absolute atomic E-state index is 4.24. The van der Waals surface area contributed by atoms with Crippen LogP contribution in [-0.4, -0.2) is 29.0 Å². The van der Waals surface area contributed by atoms with Crippen LogP contribution >= 0.6 is 11.8 Å². The first-order valence-corrected chi connectivity index (χ1v) is 7.71. The van der Waals surface area contributed by atoms with Gasteiger partial charge in [0.15, 0.2) is 5.82 Å². The molecule has 3 rings (SSSR count). The zero-order valence-electron chi connectivity index (χ0n) is 12.0. The van der Waals surface area contributed by atoms with Crippen molar-refractivity contribution < 1.29 is 0 Å². The number of aryl methyl sites for hydroxylation is 1. The molecule has 2 aromatic rings. The highest BCUT2D eigenvalue weighted by Gasteiger charge is 2.27. The number of fused-ring (bicyclic) bond motifs is 1. The summed E-state index contributed by atoms with van der Waals surface area (Å²) in [7, 11) is 4.10. The van der Waals surface area contributed by atoms with E-state index in [4.69, 9.17) is 0 Å². The van der Waals surface area contributed by atoms with Crippen LogP contribution in [0.15, 0.2) is 29.4 Å². The number of thioether (sulfide) groups is 1. The first kappa shape index (κ1) is 13.3. The third kappa shape index (κ3) is 2.35. The third-order valence-electron chi connectivity index (χ3n) is 3.36. The lowest BCUT2D eigenvalue weighted by atomic mass is 10.2. The first-order chi connectivity index (χ1) is 9.69. The van der Waals surface area contributed by atoms with Crippen molar-refractivity contribution in [3.8, 4) is 0 Å². The zero-order chi connectivity index (χ0) is 14.1. The monoisotopic (exact) mass is 289 g/mol. The van der Waals surface area contributed by atoms with Crippen molar-refractivity contribution in [3.63, 3.8) is 0 Å². The van der Waals surface area contributed by atoms with Crippen LogP contribution in [0.2, 0.25) is 0 Å². The van der Waals surface area contributed by atoms with E-state index in [1.165, 1.54) is 11.3 Å². The molecule has 6 heteroatoms. The normalized spacial score (nSPS) is 16.9. The second kappa shape index (κ2) is 5.36. The predicted octanol–water partition coefficient (Wildman–Crippen LogP) is 2.64. The van der Waals surface area contributed by atoms with Gasteiger partial charge in [0.05, 0.1) is 0 Å². The molecule has 1 N–H and O–H groups in total. The van der Waals surface area contributed by atoms with Crippen molar-refractivity contribution >= 4 is 17.4 Å². The van der Waals surface area contributed by atoms with Gasteiger partial charge in [0.25, 0.3) is 0 Å². The van der Waals surface area contributed by atoms with E-state index in [2.05, 4.69) is 65.8 Å². The maximum Gasteiger partial charge on any atom is 0.212 e. The predicted molar refractivity (Wildman–Crippen MR) is 82.7 cm³/mol. The Bertz CT molecular complexity index is 590. The standard InChI is InChI=1S/C14H19N5S/c1-4-5-12-15-16-14-19(12)17-13(20-14)10-6-8-11(9-7-10)18(2)3/h6-9,13,17H,4-5H2,1-3H3. The summed E-state index contributed by atoms with van der Waals surface area (Å²) < 4.78 is 2.03. The molecule has 5 nitrogen and oxygen atoms in total. The van der Waals surface area contributed by atoms with E-state index in [1.54, 1.807) is 11.8 Å². The van der Waals surface area contributed by atoms with E-state index in [1.807, 2.05) is 4.68 Å². The number of benzene rings is 1. The minimum atomic E-state index is 0.215. The largest absolute Gasteiger partial charge is 0.378 e. The number of nitrogens with one attached hydrogen (secondary N) is 1. The molecule has 1 aliphatic rings. The number of anilines is 1. The molecule has 1 aliphatic heterocycles. The van der Waals surface area contributed by atoms with E-state index < -0.39 is 0 Å².